The number of aromatic nitrogens is 2. The van der Waals surface area contributed by atoms with Gasteiger partial charge in [0.2, 0.25) is 0 Å². The van der Waals surface area contributed by atoms with Crippen molar-refractivity contribution in [2.45, 2.75) is 20.4 Å². The van der Waals surface area contributed by atoms with Crippen molar-refractivity contribution in [1.82, 2.24) is 15.2 Å². The van der Waals surface area contributed by atoms with Crippen molar-refractivity contribution in [3.63, 3.8) is 0 Å². The first kappa shape index (κ1) is 15.6. The van der Waals surface area contributed by atoms with Gasteiger partial charge < -0.3 is 9.84 Å². The number of rotatable bonds is 5. The lowest BCUT2D eigenvalue weighted by Crippen LogP contribution is -2.24. The highest BCUT2D eigenvalue weighted by Gasteiger charge is 2.06. The van der Waals surface area contributed by atoms with Crippen LogP contribution in [0.2, 0.25) is 0 Å². The summed E-state index contributed by atoms with van der Waals surface area (Å²) in [6, 6.07) is 6.68. The third-order valence-corrected chi connectivity index (χ3v) is 3.00. The van der Waals surface area contributed by atoms with E-state index in [1.54, 1.807) is 16.8 Å². The molecule has 0 atom stereocenters. The summed E-state index contributed by atoms with van der Waals surface area (Å²) >= 11 is 0. The number of methoxy groups -OCH3 is 1. The molecule has 2 N–H and O–H groups in total. The van der Waals surface area contributed by atoms with Gasteiger partial charge in [-0.15, -0.1) is 0 Å². The van der Waals surface area contributed by atoms with Crippen molar-refractivity contribution in [3.8, 4) is 11.5 Å². The van der Waals surface area contributed by atoms with E-state index in [-0.39, 0.29) is 18.2 Å². The van der Waals surface area contributed by atoms with Gasteiger partial charge in [-0.05, 0) is 43.7 Å². The van der Waals surface area contributed by atoms with Crippen molar-refractivity contribution >= 4 is 12.1 Å². The maximum Gasteiger partial charge on any atom is 0.261 e. The van der Waals surface area contributed by atoms with Gasteiger partial charge in [0, 0.05) is 5.69 Å². The molecule has 0 fully saturated rings. The number of aryl methyl sites for hydroxylation is 2. The molecule has 0 spiro atoms. The topological polar surface area (TPSA) is 88.7 Å². The molecule has 0 saturated carbocycles. The molecule has 1 aromatic heterocycles. The Morgan fingerprint density at radius 3 is 2.86 bits per heavy atom. The van der Waals surface area contributed by atoms with Crippen molar-refractivity contribution < 1.29 is 14.6 Å². The summed E-state index contributed by atoms with van der Waals surface area (Å²) in [5.74, 6) is 0.124. The summed E-state index contributed by atoms with van der Waals surface area (Å²) in [4.78, 5) is 11.8. The standard InChI is InChI=1S/C15H18N4O3/c1-10-6-11(2)19(18-10)9-15(21)17-16-8-12-4-5-13(20)14(7-12)22-3/h4-8,20H,9H2,1-3H3,(H,17,21)/b16-8-. The van der Waals surface area contributed by atoms with Gasteiger partial charge in [-0.2, -0.15) is 10.2 Å². The quantitative estimate of drug-likeness (QED) is 0.645. The smallest absolute Gasteiger partial charge is 0.261 e. The van der Waals surface area contributed by atoms with Gasteiger partial charge in [-0.3, -0.25) is 9.48 Å². The number of aromatic hydroxyl groups is 1. The van der Waals surface area contributed by atoms with Crippen LogP contribution in [0.5, 0.6) is 11.5 Å². The second-order valence-electron chi connectivity index (χ2n) is 4.81. The lowest BCUT2D eigenvalue weighted by atomic mass is 10.2. The maximum atomic E-state index is 11.8. The molecule has 116 valence electrons. The largest absolute Gasteiger partial charge is 0.504 e. The predicted octanol–water partition coefficient (Wildman–Crippen LogP) is 1.36. The molecule has 7 heteroatoms. The Hall–Kier alpha value is -2.83. The Labute approximate surface area is 128 Å². The van der Waals surface area contributed by atoms with Crippen molar-refractivity contribution in [3.05, 3.63) is 41.2 Å². The number of ether oxygens (including phenoxy) is 1. The van der Waals surface area contributed by atoms with Gasteiger partial charge in [0.1, 0.15) is 6.54 Å². The number of hydrogen-bond acceptors (Lipinski definition) is 5. The fourth-order valence-electron chi connectivity index (χ4n) is 1.96. The van der Waals surface area contributed by atoms with Crippen LogP contribution in [0.1, 0.15) is 17.0 Å². The number of nitrogens with one attached hydrogen (secondary N) is 1. The molecule has 0 saturated heterocycles. The number of carbonyl (C=O) groups is 1. The third kappa shape index (κ3) is 3.85. The van der Waals surface area contributed by atoms with E-state index in [9.17, 15) is 9.90 Å². The first-order valence-electron chi connectivity index (χ1n) is 6.69. The Morgan fingerprint density at radius 2 is 2.23 bits per heavy atom. The summed E-state index contributed by atoms with van der Waals surface area (Å²) in [6.45, 7) is 3.87. The zero-order chi connectivity index (χ0) is 16.1. The van der Waals surface area contributed by atoms with Gasteiger partial charge in [0.15, 0.2) is 11.5 Å². The van der Waals surface area contributed by atoms with Crippen LogP contribution in [0.25, 0.3) is 0 Å². The molecule has 1 aromatic carbocycles. The van der Waals surface area contributed by atoms with Gasteiger partial charge in [-0.1, -0.05) is 0 Å². The normalized spacial score (nSPS) is 10.9. The number of amides is 1. The van der Waals surface area contributed by atoms with E-state index in [1.165, 1.54) is 19.4 Å². The number of nitrogens with zero attached hydrogens (tertiary/aromatic N) is 3. The lowest BCUT2D eigenvalue weighted by Gasteiger charge is -2.04. The molecule has 0 aliphatic carbocycles. The minimum Gasteiger partial charge on any atom is -0.504 e. The highest BCUT2D eigenvalue weighted by Crippen LogP contribution is 2.25. The van der Waals surface area contributed by atoms with E-state index < -0.39 is 0 Å². The Kier molecular flexibility index (Phi) is 4.77. The molecular formula is C15H18N4O3. The molecule has 0 bridgehead atoms. The van der Waals surface area contributed by atoms with E-state index in [2.05, 4.69) is 15.6 Å². The summed E-state index contributed by atoms with van der Waals surface area (Å²) in [7, 11) is 1.46. The minimum absolute atomic E-state index is 0.0493. The Bertz CT molecular complexity index is 707. The molecule has 0 radical (unpaired) electrons. The molecule has 0 unspecified atom stereocenters. The highest BCUT2D eigenvalue weighted by molar-refractivity contribution is 5.83. The van der Waals surface area contributed by atoms with Crippen LogP contribution in [0.3, 0.4) is 0 Å². The molecule has 1 heterocycles. The summed E-state index contributed by atoms with van der Waals surface area (Å²) < 4.78 is 6.61. The molecule has 0 aliphatic heterocycles. The van der Waals surface area contributed by atoms with E-state index >= 15 is 0 Å². The van der Waals surface area contributed by atoms with Crippen LogP contribution < -0.4 is 10.2 Å². The zero-order valence-electron chi connectivity index (χ0n) is 12.7. The molecule has 7 nitrogen and oxygen atoms in total. The number of carbonyl (C=O) groups excluding carboxylic acids is 1. The van der Waals surface area contributed by atoms with Crippen LogP contribution in [-0.4, -0.2) is 34.1 Å². The number of benzene rings is 1. The van der Waals surface area contributed by atoms with Gasteiger partial charge in [0.05, 0.1) is 19.0 Å². The van der Waals surface area contributed by atoms with Crippen molar-refractivity contribution in [2.24, 2.45) is 5.10 Å². The van der Waals surface area contributed by atoms with E-state index in [1.807, 2.05) is 19.9 Å². The van der Waals surface area contributed by atoms with Gasteiger partial charge in [0.25, 0.3) is 5.91 Å². The zero-order valence-corrected chi connectivity index (χ0v) is 12.7. The maximum absolute atomic E-state index is 11.8. The minimum atomic E-state index is -0.270. The number of hydrazone groups is 1. The second-order valence-corrected chi connectivity index (χ2v) is 4.81. The van der Waals surface area contributed by atoms with E-state index in [0.717, 1.165) is 11.4 Å². The van der Waals surface area contributed by atoms with Crippen LogP contribution in [0.4, 0.5) is 0 Å². The Morgan fingerprint density at radius 1 is 1.45 bits per heavy atom. The molecular weight excluding hydrogens is 284 g/mol. The molecule has 2 aromatic rings. The molecule has 22 heavy (non-hydrogen) atoms. The number of phenolic OH excluding ortho intramolecular Hbond substituents is 1. The summed E-state index contributed by atoms with van der Waals surface area (Å²) in [5, 5.41) is 17.6. The second kappa shape index (κ2) is 6.75. The van der Waals surface area contributed by atoms with Crippen molar-refractivity contribution in [2.75, 3.05) is 7.11 Å². The van der Waals surface area contributed by atoms with Crippen LogP contribution in [0, 0.1) is 13.8 Å². The van der Waals surface area contributed by atoms with E-state index in [4.69, 9.17) is 4.74 Å². The van der Waals surface area contributed by atoms with E-state index in [0.29, 0.717) is 11.3 Å². The summed E-state index contributed by atoms with van der Waals surface area (Å²) in [6.07, 6.45) is 1.47. The molecule has 1 amide bonds. The third-order valence-electron chi connectivity index (χ3n) is 3.00. The monoisotopic (exact) mass is 302 g/mol. The molecule has 2 rings (SSSR count). The van der Waals surface area contributed by atoms with Crippen molar-refractivity contribution in [1.29, 1.82) is 0 Å². The fourth-order valence-corrected chi connectivity index (χ4v) is 1.96. The van der Waals surface area contributed by atoms with Gasteiger partial charge >= 0.3 is 0 Å². The number of phenols is 1. The first-order valence-corrected chi connectivity index (χ1v) is 6.69. The average molecular weight is 302 g/mol. The lowest BCUT2D eigenvalue weighted by molar-refractivity contribution is -0.121. The predicted molar refractivity (Wildman–Crippen MR) is 82.1 cm³/mol. The van der Waals surface area contributed by atoms with Crippen LogP contribution in [0.15, 0.2) is 29.4 Å². The summed E-state index contributed by atoms with van der Waals surface area (Å²) in [5.41, 5.74) is 4.91. The van der Waals surface area contributed by atoms with Crippen LogP contribution in [-0.2, 0) is 11.3 Å². The average Bonchev–Trinajstić information content (AvgIpc) is 2.78. The SMILES string of the molecule is COc1cc(/C=N\NC(=O)Cn2nc(C)cc2C)ccc1O. The van der Waals surface area contributed by atoms with Gasteiger partial charge in [-0.25, -0.2) is 5.43 Å². The Balaban J connectivity index is 1.94. The first-order chi connectivity index (χ1) is 10.5. The highest BCUT2D eigenvalue weighted by atomic mass is 16.5. The fraction of sp³-hybridized carbons (Fsp3) is 0.267. The number of hydrogen-bond donors (Lipinski definition) is 2. The molecule has 0 aliphatic rings. The van der Waals surface area contributed by atoms with Crippen LogP contribution >= 0.6 is 0 Å².